The largest absolute Gasteiger partial charge is 0.478 e. The van der Waals surface area contributed by atoms with Crippen molar-refractivity contribution in [3.8, 4) is 11.5 Å². The Kier molecular flexibility index (Phi) is 7.25. The lowest BCUT2D eigenvalue weighted by Gasteiger charge is -2.01. The summed E-state index contributed by atoms with van der Waals surface area (Å²) in [5.74, 6) is 1.98. The van der Waals surface area contributed by atoms with E-state index in [1.165, 1.54) is 6.92 Å². The van der Waals surface area contributed by atoms with Gasteiger partial charge in [-0.15, -0.1) is 11.5 Å². The van der Waals surface area contributed by atoms with Gasteiger partial charge in [-0.2, -0.15) is 0 Å². The molecule has 0 unspecified atom stereocenters. The van der Waals surface area contributed by atoms with E-state index in [4.69, 9.17) is 5.11 Å². The molecule has 0 aromatic rings. The molecule has 0 aliphatic rings. The van der Waals surface area contributed by atoms with E-state index in [1.807, 2.05) is 6.92 Å². The van der Waals surface area contributed by atoms with E-state index in [0.29, 0.717) is 0 Å². The van der Waals surface area contributed by atoms with Crippen molar-refractivity contribution in [2.75, 3.05) is 0 Å². The molecule has 0 atom stereocenters. The molecule has 0 heterocycles. The number of carbonyl (C=O) groups is 1. The third kappa shape index (κ3) is 18.2. The van der Waals surface area contributed by atoms with Crippen LogP contribution in [0.2, 0.25) is 19.6 Å². The Labute approximate surface area is 81.7 Å². The second kappa shape index (κ2) is 6.50. The smallest absolute Gasteiger partial charge is 0.330 e. The fourth-order valence-electron chi connectivity index (χ4n) is 0.375. The van der Waals surface area contributed by atoms with E-state index in [1.54, 1.807) is 0 Å². The molecule has 0 aromatic heterocycles. The minimum atomic E-state index is -1.02. The molecule has 0 radical (unpaired) electrons. The Morgan fingerprint density at radius 1 is 1.38 bits per heavy atom. The summed E-state index contributed by atoms with van der Waals surface area (Å²) in [6.07, 6.45) is 0. The Morgan fingerprint density at radius 2 is 1.69 bits per heavy atom. The average molecular weight is 198 g/mol. The second-order valence-electron chi connectivity index (χ2n) is 3.71. The second-order valence-corrected chi connectivity index (χ2v) is 8.46. The number of carboxylic acid groups (broad SMARTS) is 1. The molecule has 0 saturated heterocycles. The van der Waals surface area contributed by atoms with Crippen LogP contribution in [0.25, 0.3) is 0 Å². The van der Waals surface area contributed by atoms with Gasteiger partial charge in [-0.1, -0.05) is 26.2 Å². The minimum absolute atomic E-state index is 0.176. The molecule has 0 aliphatic carbocycles. The lowest BCUT2D eigenvalue weighted by atomic mass is 10.4. The van der Waals surface area contributed by atoms with Crippen LogP contribution >= 0.6 is 0 Å². The van der Waals surface area contributed by atoms with E-state index in [0.717, 1.165) is 0 Å². The summed E-state index contributed by atoms with van der Waals surface area (Å²) in [7, 11) is -1.02. The molecule has 0 spiro atoms. The van der Waals surface area contributed by atoms with Crippen molar-refractivity contribution in [3.63, 3.8) is 0 Å². The Balaban J connectivity index is 0. The number of carboxylic acids is 1. The molecule has 74 valence electrons. The van der Waals surface area contributed by atoms with E-state index < -0.39 is 14.0 Å². The highest BCUT2D eigenvalue weighted by Gasteiger charge is 2.06. The molecule has 0 amide bonds. The van der Waals surface area contributed by atoms with Crippen molar-refractivity contribution in [3.05, 3.63) is 12.2 Å². The van der Waals surface area contributed by atoms with Gasteiger partial charge in [-0.3, -0.25) is 0 Å². The van der Waals surface area contributed by atoms with Crippen LogP contribution in [0.15, 0.2) is 12.2 Å². The third-order valence-electron chi connectivity index (χ3n) is 0.865. The lowest BCUT2D eigenvalue weighted by molar-refractivity contribution is -0.132. The quantitative estimate of drug-likeness (QED) is 0.399. The van der Waals surface area contributed by atoms with Crippen molar-refractivity contribution in [1.82, 2.24) is 0 Å². The Hall–Kier alpha value is -1.01. The number of rotatable bonds is 1. The maximum Gasteiger partial charge on any atom is 0.330 e. The standard InChI is InChI=1S/C6H12Si.C4H6O2/c1-5-6-7(2,3)4;1-3(2)4(5)6/h1-4H3;1H2,2H3,(H,5,6). The van der Waals surface area contributed by atoms with Crippen molar-refractivity contribution >= 4 is 14.0 Å². The molecule has 0 fully saturated rings. The first-order chi connectivity index (χ1) is 5.70. The van der Waals surface area contributed by atoms with Crippen LogP contribution in [0.3, 0.4) is 0 Å². The highest BCUT2D eigenvalue weighted by molar-refractivity contribution is 6.83. The van der Waals surface area contributed by atoms with Gasteiger partial charge in [0.15, 0.2) is 0 Å². The van der Waals surface area contributed by atoms with Gasteiger partial charge in [0.05, 0.1) is 0 Å². The van der Waals surface area contributed by atoms with E-state index in [9.17, 15) is 4.79 Å². The van der Waals surface area contributed by atoms with Gasteiger partial charge in [0.25, 0.3) is 0 Å². The Morgan fingerprint density at radius 3 is 1.69 bits per heavy atom. The molecule has 0 bridgehead atoms. The monoisotopic (exact) mass is 198 g/mol. The van der Waals surface area contributed by atoms with Crippen molar-refractivity contribution < 1.29 is 9.90 Å². The van der Waals surface area contributed by atoms with E-state index in [-0.39, 0.29) is 5.57 Å². The van der Waals surface area contributed by atoms with Crippen molar-refractivity contribution in [2.45, 2.75) is 33.5 Å². The summed E-state index contributed by atoms with van der Waals surface area (Å²) in [4.78, 5) is 9.60. The first kappa shape index (κ1) is 14.5. The number of hydrogen-bond acceptors (Lipinski definition) is 1. The third-order valence-corrected chi connectivity index (χ3v) is 1.87. The molecular formula is C10H18O2Si. The fraction of sp³-hybridized carbons (Fsp3) is 0.500. The van der Waals surface area contributed by atoms with Crippen LogP contribution in [0.4, 0.5) is 0 Å². The maximum atomic E-state index is 9.60. The molecule has 0 saturated carbocycles. The fourth-order valence-corrected chi connectivity index (χ4v) is 1.12. The van der Waals surface area contributed by atoms with E-state index in [2.05, 4.69) is 37.7 Å². The van der Waals surface area contributed by atoms with Gasteiger partial charge in [-0.25, -0.2) is 4.79 Å². The normalized spacial score (nSPS) is 8.69. The topological polar surface area (TPSA) is 37.3 Å². The number of hydrogen-bond donors (Lipinski definition) is 1. The predicted molar refractivity (Wildman–Crippen MR) is 59.2 cm³/mol. The predicted octanol–water partition coefficient (Wildman–Crippen LogP) is 2.53. The zero-order valence-corrected chi connectivity index (χ0v) is 10.1. The average Bonchev–Trinajstić information content (AvgIpc) is 1.85. The molecule has 0 aromatic carbocycles. The highest BCUT2D eigenvalue weighted by Crippen LogP contribution is 1.95. The van der Waals surface area contributed by atoms with Crippen molar-refractivity contribution in [2.24, 2.45) is 0 Å². The van der Waals surface area contributed by atoms with Crippen LogP contribution in [0.5, 0.6) is 0 Å². The zero-order valence-electron chi connectivity index (χ0n) is 9.06. The van der Waals surface area contributed by atoms with Gasteiger partial charge in [0, 0.05) is 5.57 Å². The molecular weight excluding hydrogens is 180 g/mol. The van der Waals surface area contributed by atoms with Gasteiger partial charge in [0.2, 0.25) is 0 Å². The van der Waals surface area contributed by atoms with Crippen LogP contribution in [0, 0.1) is 11.5 Å². The van der Waals surface area contributed by atoms with Gasteiger partial charge in [0.1, 0.15) is 8.07 Å². The van der Waals surface area contributed by atoms with Crippen LogP contribution in [0.1, 0.15) is 13.8 Å². The molecule has 3 heteroatoms. The Bertz CT molecular complexity index is 226. The van der Waals surface area contributed by atoms with Crippen LogP contribution in [-0.4, -0.2) is 19.1 Å². The maximum absolute atomic E-state index is 9.60. The van der Waals surface area contributed by atoms with Gasteiger partial charge >= 0.3 is 5.97 Å². The van der Waals surface area contributed by atoms with E-state index >= 15 is 0 Å². The summed E-state index contributed by atoms with van der Waals surface area (Å²) in [6.45, 7) is 13.2. The van der Waals surface area contributed by atoms with Crippen molar-refractivity contribution in [1.29, 1.82) is 0 Å². The first-order valence-electron chi connectivity index (χ1n) is 4.03. The summed E-state index contributed by atoms with van der Waals surface area (Å²) < 4.78 is 0. The zero-order chi connectivity index (χ0) is 11.1. The minimum Gasteiger partial charge on any atom is -0.478 e. The number of aliphatic carboxylic acids is 1. The SMILES string of the molecule is C=C(C)C(=O)O.CC#C[Si](C)(C)C. The molecule has 2 nitrogen and oxygen atoms in total. The van der Waals surface area contributed by atoms with Gasteiger partial charge < -0.3 is 5.11 Å². The molecule has 13 heavy (non-hydrogen) atoms. The van der Waals surface area contributed by atoms with Crippen LogP contribution < -0.4 is 0 Å². The molecule has 1 N–H and O–H groups in total. The molecule has 0 aliphatic heterocycles. The molecule has 0 rings (SSSR count). The first-order valence-corrected chi connectivity index (χ1v) is 7.53. The summed E-state index contributed by atoms with van der Waals surface area (Å²) >= 11 is 0. The summed E-state index contributed by atoms with van der Waals surface area (Å²) in [6, 6.07) is 0. The highest BCUT2D eigenvalue weighted by atomic mass is 28.3. The van der Waals surface area contributed by atoms with Crippen LogP contribution in [-0.2, 0) is 4.79 Å². The van der Waals surface area contributed by atoms with Gasteiger partial charge in [-0.05, 0) is 13.8 Å². The summed E-state index contributed by atoms with van der Waals surface area (Å²) in [5, 5.41) is 7.89. The summed E-state index contributed by atoms with van der Waals surface area (Å²) in [5.41, 5.74) is 3.35. The lowest BCUT2D eigenvalue weighted by Crippen LogP contribution is -2.15.